The molecule has 8 nitrogen and oxygen atoms in total. The smallest absolute Gasteiger partial charge is 0.328 e. The normalized spacial score (nSPS) is 13.8. The molecule has 1 saturated heterocycles. The van der Waals surface area contributed by atoms with Gasteiger partial charge < -0.3 is 20.2 Å². The Balaban J connectivity index is 1.70. The highest BCUT2D eigenvalue weighted by molar-refractivity contribution is 6.31. The number of nitrogens with one attached hydrogen (secondary N) is 1. The van der Waals surface area contributed by atoms with Gasteiger partial charge in [0, 0.05) is 56.6 Å². The molecule has 0 saturated carbocycles. The van der Waals surface area contributed by atoms with Crippen molar-refractivity contribution < 1.29 is 19.1 Å². The highest BCUT2D eigenvalue weighted by atomic mass is 35.5. The maximum absolute atomic E-state index is 13.5. The van der Waals surface area contributed by atoms with Crippen molar-refractivity contribution in [2.75, 3.05) is 36.4 Å². The fourth-order valence-corrected chi connectivity index (χ4v) is 3.97. The first kappa shape index (κ1) is 24.2. The van der Waals surface area contributed by atoms with Crippen molar-refractivity contribution in [1.82, 2.24) is 14.9 Å². The minimum Gasteiger partial charge on any atom is -0.478 e. The van der Waals surface area contributed by atoms with Crippen LogP contribution in [0.5, 0.6) is 0 Å². The van der Waals surface area contributed by atoms with Crippen molar-refractivity contribution in [2.24, 2.45) is 0 Å². The van der Waals surface area contributed by atoms with E-state index in [1.807, 2.05) is 24.3 Å². The Bertz CT molecular complexity index is 1290. The zero-order valence-electron chi connectivity index (χ0n) is 18.9. The molecule has 2 N–H and O–H groups in total. The van der Waals surface area contributed by atoms with E-state index in [9.17, 15) is 14.0 Å². The molecule has 0 aliphatic carbocycles. The lowest BCUT2D eigenvalue weighted by molar-refractivity contribution is -0.131. The minimum atomic E-state index is -1.03. The van der Waals surface area contributed by atoms with Crippen LogP contribution in [0.2, 0.25) is 5.02 Å². The van der Waals surface area contributed by atoms with Crippen molar-refractivity contribution in [3.63, 3.8) is 0 Å². The Morgan fingerprint density at radius 3 is 2.60 bits per heavy atom. The Morgan fingerprint density at radius 1 is 1.14 bits per heavy atom. The fraction of sp³-hybridized carbons (Fsp3) is 0.200. The third-order valence-electron chi connectivity index (χ3n) is 5.58. The van der Waals surface area contributed by atoms with Crippen molar-refractivity contribution in [1.29, 1.82) is 0 Å². The van der Waals surface area contributed by atoms with Crippen LogP contribution >= 0.6 is 11.6 Å². The molecule has 2 aromatic carbocycles. The maximum Gasteiger partial charge on any atom is 0.328 e. The van der Waals surface area contributed by atoms with Crippen molar-refractivity contribution in [3.8, 4) is 11.1 Å². The van der Waals surface area contributed by atoms with E-state index in [0.29, 0.717) is 43.6 Å². The van der Waals surface area contributed by atoms with E-state index >= 15 is 0 Å². The molecular weight excluding hydrogens is 473 g/mol. The van der Waals surface area contributed by atoms with Crippen LogP contribution in [0.4, 0.5) is 21.8 Å². The van der Waals surface area contributed by atoms with Crippen LogP contribution in [0.1, 0.15) is 12.5 Å². The predicted molar refractivity (Wildman–Crippen MR) is 133 cm³/mol. The van der Waals surface area contributed by atoms with Crippen LogP contribution in [-0.2, 0) is 9.59 Å². The topological polar surface area (TPSA) is 98.7 Å². The maximum atomic E-state index is 13.5. The Hall–Kier alpha value is -3.98. The number of hydrogen-bond acceptors (Lipinski definition) is 6. The second-order valence-corrected chi connectivity index (χ2v) is 8.38. The first-order chi connectivity index (χ1) is 16.8. The number of carbonyl (C=O) groups excluding carboxylic acids is 1. The van der Waals surface area contributed by atoms with Gasteiger partial charge >= 0.3 is 5.97 Å². The molecule has 1 aromatic heterocycles. The van der Waals surface area contributed by atoms with Crippen LogP contribution in [0.15, 0.2) is 54.7 Å². The molecule has 0 spiro atoms. The summed E-state index contributed by atoms with van der Waals surface area (Å²) in [6, 6.07) is 11.7. The summed E-state index contributed by atoms with van der Waals surface area (Å²) in [4.78, 5) is 35.7. The average Bonchev–Trinajstić information content (AvgIpc) is 2.85. The van der Waals surface area contributed by atoms with Gasteiger partial charge in [0.05, 0.1) is 5.02 Å². The molecule has 1 aliphatic heterocycles. The zero-order valence-corrected chi connectivity index (χ0v) is 19.7. The number of amides is 1. The fourth-order valence-electron chi connectivity index (χ4n) is 3.79. The summed E-state index contributed by atoms with van der Waals surface area (Å²) in [6.07, 6.45) is 4.29. The summed E-state index contributed by atoms with van der Waals surface area (Å²) >= 11 is 5.90. The Kier molecular flexibility index (Phi) is 7.26. The summed E-state index contributed by atoms with van der Waals surface area (Å²) in [5, 5.41) is 12.0. The lowest BCUT2D eigenvalue weighted by Gasteiger charge is -2.35. The van der Waals surface area contributed by atoms with Gasteiger partial charge in [-0.1, -0.05) is 29.8 Å². The first-order valence-corrected chi connectivity index (χ1v) is 11.3. The average molecular weight is 496 g/mol. The van der Waals surface area contributed by atoms with E-state index in [1.165, 1.54) is 18.2 Å². The van der Waals surface area contributed by atoms with Crippen LogP contribution in [0, 0.1) is 5.82 Å². The van der Waals surface area contributed by atoms with Crippen molar-refractivity contribution >= 4 is 47.0 Å². The largest absolute Gasteiger partial charge is 0.478 e. The summed E-state index contributed by atoms with van der Waals surface area (Å²) in [6.45, 7) is 3.86. The van der Waals surface area contributed by atoms with Gasteiger partial charge in [-0.15, -0.1) is 0 Å². The molecule has 0 radical (unpaired) electrons. The molecule has 1 aliphatic rings. The number of anilines is 3. The van der Waals surface area contributed by atoms with E-state index in [1.54, 1.807) is 24.1 Å². The first-order valence-electron chi connectivity index (χ1n) is 10.9. The van der Waals surface area contributed by atoms with Crippen LogP contribution in [0.3, 0.4) is 0 Å². The molecule has 1 amide bonds. The number of hydrogen-bond donors (Lipinski definition) is 2. The lowest BCUT2D eigenvalue weighted by Crippen LogP contribution is -2.48. The second kappa shape index (κ2) is 10.5. The van der Waals surface area contributed by atoms with Gasteiger partial charge in [0.25, 0.3) is 0 Å². The molecule has 0 unspecified atom stereocenters. The van der Waals surface area contributed by atoms with E-state index in [0.717, 1.165) is 22.8 Å². The zero-order chi connectivity index (χ0) is 24.9. The number of rotatable bonds is 6. The number of nitrogens with zero attached hydrogens (tertiary/aromatic N) is 4. The molecule has 2 heterocycles. The Labute approximate surface area is 206 Å². The molecule has 0 bridgehead atoms. The number of piperazine rings is 1. The molecule has 10 heteroatoms. The summed E-state index contributed by atoms with van der Waals surface area (Å²) < 4.78 is 13.5. The quantitative estimate of drug-likeness (QED) is 0.487. The van der Waals surface area contributed by atoms with Crippen LogP contribution in [-0.4, -0.2) is 58.0 Å². The lowest BCUT2D eigenvalue weighted by atomic mass is 10.0. The number of carbonyl (C=O) groups is 2. The molecule has 1 fully saturated rings. The number of carboxylic acid groups (broad SMARTS) is 1. The van der Waals surface area contributed by atoms with Gasteiger partial charge in [0.15, 0.2) is 0 Å². The van der Waals surface area contributed by atoms with Gasteiger partial charge in [0.1, 0.15) is 11.6 Å². The van der Waals surface area contributed by atoms with E-state index in [-0.39, 0.29) is 10.9 Å². The van der Waals surface area contributed by atoms with E-state index in [2.05, 4.69) is 15.2 Å². The van der Waals surface area contributed by atoms with Crippen LogP contribution in [0.25, 0.3) is 17.2 Å². The standard InChI is InChI=1S/C25H23ClFN5O3/c1-16(33)31-9-11-32(12-10-31)24-20(18-4-2-3-17(13-18)5-8-23(34)35)15-28-25(30-24)29-19-6-7-22(27)21(26)14-19/h2-8,13-15H,9-12H2,1H3,(H,34,35)(H,28,29,30). The van der Waals surface area contributed by atoms with Gasteiger partial charge in [-0.05, 0) is 41.5 Å². The summed E-state index contributed by atoms with van der Waals surface area (Å²) in [5.41, 5.74) is 2.84. The highest BCUT2D eigenvalue weighted by Gasteiger charge is 2.23. The molecular formula is C25H23ClFN5O3. The third-order valence-corrected chi connectivity index (χ3v) is 5.87. The third kappa shape index (κ3) is 5.93. The number of benzene rings is 2. The van der Waals surface area contributed by atoms with Gasteiger partial charge in [-0.2, -0.15) is 4.98 Å². The number of aromatic nitrogens is 2. The van der Waals surface area contributed by atoms with Crippen LogP contribution < -0.4 is 10.2 Å². The van der Waals surface area contributed by atoms with Crippen molar-refractivity contribution in [2.45, 2.75) is 6.92 Å². The number of aliphatic carboxylic acids is 1. The second-order valence-electron chi connectivity index (χ2n) is 7.97. The monoisotopic (exact) mass is 495 g/mol. The van der Waals surface area contributed by atoms with Gasteiger partial charge in [0.2, 0.25) is 11.9 Å². The SMILES string of the molecule is CC(=O)N1CCN(c2nc(Nc3ccc(F)c(Cl)c3)ncc2-c2cccc(C=CC(=O)O)c2)CC1. The molecule has 0 atom stereocenters. The van der Waals surface area contributed by atoms with E-state index < -0.39 is 11.8 Å². The Morgan fingerprint density at radius 2 is 1.91 bits per heavy atom. The highest BCUT2D eigenvalue weighted by Crippen LogP contribution is 2.32. The summed E-state index contributed by atoms with van der Waals surface area (Å²) in [5.74, 6) is -0.546. The molecule has 4 rings (SSSR count). The molecule has 35 heavy (non-hydrogen) atoms. The van der Waals surface area contributed by atoms with Gasteiger partial charge in [-0.25, -0.2) is 14.2 Å². The predicted octanol–water partition coefficient (Wildman–Crippen LogP) is 4.45. The summed E-state index contributed by atoms with van der Waals surface area (Å²) in [7, 11) is 0. The van der Waals surface area contributed by atoms with E-state index in [4.69, 9.17) is 21.7 Å². The molecule has 180 valence electrons. The number of halogens is 2. The minimum absolute atomic E-state index is 0.0153. The number of carboxylic acids is 1. The van der Waals surface area contributed by atoms with Crippen molar-refractivity contribution in [3.05, 3.63) is 71.1 Å². The van der Waals surface area contributed by atoms with Gasteiger partial charge in [-0.3, -0.25) is 4.79 Å². The molecule has 3 aromatic rings.